The molecule has 0 bridgehead atoms. The first-order chi connectivity index (χ1) is 23.6. The smallest absolute Gasteiger partial charge is 0.420 e. The molecule has 2 heterocycles. The van der Waals surface area contributed by atoms with Gasteiger partial charge in [0.2, 0.25) is 11.8 Å². The molecule has 0 aliphatic heterocycles. The molecule has 2 rings (SSSR count). The third-order valence-electron chi connectivity index (χ3n) is 7.02. The van der Waals surface area contributed by atoms with Crippen LogP contribution >= 0.6 is 23.6 Å². The van der Waals surface area contributed by atoms with Crippen LogP contribution in [0.4, 0.5) is 9.59 Å². The van der Waals surface area contributed by atoms with Crippen LogP contribution in [0.25, 0.3) is 0 Å². The van der Waals surface area contributed by atoms with Gasteiger partial charge in [0.25, 0.3) is 5.91 Å². The van der Waals surface area contributed by atoms with Crippen molar-refractivity contribution in [3.8, 4) is 0 Å². The number of esters is 1. The Balaban J connectivity index is 2.14. The van der Waals surface area contributed by atoms with E-state index in [2.05, 4.69) is 25.9 Å². The van der Waals surface area contributed by atoms with E-state index in [0.29, 0.717) is 16.3 Å². The molecule has 4 amide bonds. The van der Waals surface area contributed by atoms with Crippen LogP contribution in [0.1, 0.15) is 127 Å². The molecule has 2 aromatic rings. The Kier molecular flexibility index (Phi) is 15.5. The van der Waals surface area contributed by atoms with Crippen molar-refractivity contribution in [2.75, 3.05) is 13.2 Å². The standard InChI is InChI=1S/C33H50N6O10S2/c1-12-17(3)23(28-37-22(16-51-28)29(43)46-13-2)38-24(41)20(14-40)36-27(50)18(4)34-25(42)21-15-47-26(35-21)19(5)39(30(44)48-32(6,7)8)31(45)49-33(9,10)11/h15-20,23,40H,12-14H2,1-11H3,(H,34,42)(H,36,50)(H,38,41)/t17-,18+,19-,20+,23+/m0/s1. The number of hydrogen-bond acceptors (Lipinski definition) is 14. The Bertz CT molecular complexity index is 1520. The Morgan fingerprint density at radius 1 is 0.941 bits per heavy atom. The van der Waals surface area contributed by atoms with E-state index in [1.54, 1.807) is 60.8 Å². The van der Waals surface area contributed by atoms with Gasteiger partial charge in [-0.3, -0.25) is 9.59 Å². The molecular weight excluding hydrogens is 705 g/mol. The largest absolute Gasteiger partial charge is 0.461 e. The molecule has 0 aliphatic rings. The van der Waals surface area contributed by atoms with E-state index in [0.717, 1.165) is 6.26 Å². The molecule has 2 aromatic heterocycles. The molecule has 0 radical (unpaired) electrons. The number of aliphatic hydroxyl groups excluding tert-OH is 1. The monoisotopic (exact) mass is 754 g/mol. The number of thiazole rings is 1. The topological polar surface area (TPSA) is 212 Å². The van der Waals surface area contributed by atoms with Gasteiger partial charge in [0.15, 0.2) is 11.4 Å². The molecule has 4 N–H and O–H groups in total. The predicted octanol–water partition coefficient (Wildman–Crippen LogP) is 4.84. The van der Waals surface area contributed by atoms with Crippen LogP contribution in [-0.2, 0) is 19.0 Å². The maximum atomic E-state index is 13.3. The van der Waals surface area contributed by atoms with Crippen LogP contribution < -0.4 is 16.0 Å². The number of nitrogens with one attached hydrogen (secondary N) is 3. The van der Waals surface area contributed by atoms with Crippen LogP contribution in [0.15, 0.2) is 16.1 Å². The summed E-state index contributed by atoms with van der Waals surface area (Å²) in [6, 6.07) is -3.72. The molecule has 0 saturated heterocycles. The molecular formula is C33H50N6O10S2. The number of carbonyl (C=O) groups is 5. The first-order valence-electron chi connectivity index (χ1n) is 16.5. The minimum Gasteiger partial charge on any atom is -0.461 e. The highest BCUT2D eigenvalue weighted by atomic mass is 32.1. The van der Waals surface area contributed by atoms with Gasteiger partial charge < -0.3 is 39.7 Å². The zero-order valence-corrected chi connectivity index (χ0v) is 32.6. The summed E-state index contributed by atoms with van der Waals surface area (Å²) in [4.78, 5) is 73.9. The van der Waals surface area contributed by atoms with Crippen LogP contribution in [-0.4, -0.2) is 91.4 Å². The summed E-state index contributed by atoms with van der Waals surface area (Å²) in [7, 11) is 0. The average molecular weight is 755 g/mol. The SMILES string of the molecule is CCOC(=O)c1csc([C@H](NC(=O)[C@@H](CO)NC(=S)[C@@H](C)NC(=O)c2coc([C@H](C)N(C(=O)OC(C)(C)C)C(=O)OC(C)(C)C)n2)[C@@H](C)CC)n1. The van der Waals surface area contributed by atoms with Crippen molar-refractivity contribution in [1.29, 1.82) is 0 Å². The summed E-state index contributed by atoms with van der Waals surface area (Å²) >= 11 is 6.65. The first kappa shape index (κ1) is 43.0. The van der Waals surface area contributed by atoms with E-state index in [1.165, 1.54) is 18.3 Å². The fourth-order valence-corrected chi connectivity index (χ4v) is 5.37. The van der Waals surface area contributed by atoms with E-state index in [4.69, 9.17) is 30.8 Å². The van der Waals surface area contributed by atoms with Crippen molar-refractivity contribution in [1.82, 2.24) is 30.8 Å². The lowest BCUT2D eigenvalue weighted by Crippen LogP contribution is -2.54. The second-order valence-corrected chi connectivity index (χ2v) is 15.0. The third-order valence-corrected chi connectivity index (χ3v) is 8.42. The van der Waals surface area contributed by atoms with Gasteiger partial charge in [-0.1, -0.05) is 32.5 Å². The number of amides is 4. The minimum absolute atomic E-state index is 0.0367. The Morgan fingerprint density at radius 2 is 1.53 bits per heavy atom. The fourth-order valence-electron chi connectivity index (χ4n) is 4.20. The van der Waals surface area contributed by atoms with Crippen molar-refractivity contribution < 1.29 is 47.7 Å². The van der Waals surface area contributed by atoms with Crippen LogP contribution in [0.2, 0.25) is 0 Å². The van der Waals surface area contributed by atoms with Gasteiger partial charge in [-0.05, 0) is 68.2 Å². The number of oxazole rings is 1. The summed E-state index contributed by atoms with van der Waals surface area (Å²) in [6.45, 7) is 18.0. The molecule has 0 aromatic carbocycles. The van der Waals surface area contributed by atoms with Gasteiger partial charge in [-0.25, -0.2) is 24.4 Å². The summed E-state index contributed by atoms with van der Waals surface area (Å²) in [5.41, 5.74) is -1.90. The number of thiocarbonyl (C=S) groups is 1. The zero-order valence-electron chi connectivity index (χ0n) is 30.9. The van der Waals surface area contributed by atoms with Crippen LogP contribution in [0.3, 0.4) is 0 Å². The Labute approximate surface area is 307 Å². The van der Waals surface area contributed by atoms with E-state index in [1.807, 2.05) is 13.8 Å². The van der Waals surface area contributed by atoms with Gasteiger partial charge in [0, 0.05) is 5.38 Å². The Morgan fingerprint density at radius 3 is 2.04 bits per heavy atom. The van der Waals surface area contributed by atoms with Gasteiger partial charge >= 0.3 is 18.2 Å². The summed E-state index contributed by atoms with van der Waals surface area (Å²) in [5, 5.41) is 20.5. The van der Waals surface area contributed by atoms with Gasteiger partial charge in [0.1, 0.15) is 34.6 Å². The number of imide groups is 1. The van der Waals surface area contributed by atoms with E-state index < -0.39 is 71.9 Å². The minimum atomic E-state index is -1.18. The highest BCUT2D eigenvalue weighted by Crippen LogP contribution is 2.28. The lowest BCUT2D eigenvalue weighted by atomic mass is 9.99. The lowest BCUT2D eigenvalue weighted by molar-refractivity contribution is -0.124. The van der Waals surface area contributed by atoms with Gasteiger partial charge in [0.05, 0.1) is 30.3 Å². The van der Waals surface area contributed by atoms with E-state index in [-0.39, 0.29) is 34.8 Å². The van der Waals surface area contributed by atoms with Gasteiger partial charge in [-0.2, -0.15) is 4.90 Å². The number of carbonyl (C=O) groups excluding carboxylic acids is 5. The maximum Gasteiger partial charge on any atom is 0.420 e. The first-order valence-corrected chi connectivity index (χ1v) is 17.8. The summed E-state index contributed by atoms with van der Waals surface area (Å²) in [5.74, 6) is -2.07. The molecule has 0 saturated carbocycles. The fraction of sp³-hybridized carbons (Fsp3) is 0.636. The number of ether oxygens (including phenoxy) is 3. The molecule has 0 fully saturated rings. The molecule has 0 unspecified atom stereocenters. The van der Waals surface area contributed by atoms with Crippen molar-refractivity contribution in [3.63, 3.8) is 0 Å². The normalized spacial score (nSPS) is 14.6. The molecule has 284 valence electrons. The molecule has 0 spiro atoms. The van der Waals surface area contributed by atoms with E-state index >= 15 is 0 Å². The van der Waals surface area contributed by atoms with E-state index in [9.17, 15) is 29.1 Å². The van der Waals surface area contributed by atoms with Crippen molar-refractivity contribution in [3.05, 3.63) is 33.9 Å². The maximum absolute atomic E-state index is 13.3. The van der Waals surface area contributed by atoms with Crippen LogP contribution in [0, 0.1) is 5.92 Å². The number of aliphatic hydroxyl groups is 1. The number of aromatic nitrogens is 2. The number of rotatable bonds is 14. The Hall–Kier alpha value is -4.16. The number of hydrogen-bond donors (Lipinski definition) is 4. The highest BCUT2D eigenvalue weighted by Gasteiger charge is 2.38. The quantitative estimate of drug-likeness (QED) is 0.116. The second kappa shape index (κ2) is 18.4. The third kappa shape index (κ3) is 12.8. The highest BCUT2D eigenvalue weighted by molar-refractivity contribution is 7.80. The molecule has 16 nitrogen and oxygen atoms in total. The van der Waals surface area contributed by atoms with Crippen LogP contribution in [0.5, 0.6) is 0 Å². The summed E-state index contributed by atoms with van der Waals surface area (Å²) < 4.78 is 21.3. The number of nitrogens with zero attached hydrogens (tertiary/aromatic N) is 3. The second-order valence-electron chi connectivity index (χ2n) is 13.7. The lowest BCUT2D eigenvalue weighted by Gasteiger charge is -2.30. The average Bonchev–Trinajstić information content (AvgIpc) is 3.71. The van der Waals surface area contributed by atoms with Crippen molar-refractivity contribution in [2.24, 2.45) is 5.92 Å². The molecule has 18 heteroatoms. The zero-order chi connectivity index (χ0) is 38.8. The summed E-state index contributed by atoms with van der Waals surface area (Å²) in [6.07, 6.45) is -0.257. The van der Waals surface area contributed by atoms with Crippen molar-refractivity contribution in [2.45, 2.75) is 118 Å². The molecule has 5 atom stereocenters. The predicted molar refractivity (Wildman–Crippen MR) is 191 cm³/mol. The molecule has 51 heavy (non-hydrogen) atoms. The van der Waals surface area contributed by atoms with Crippen molar-refractivity contribution >= 4 is 58.5 Å². The van der Waals surface area contributed by atoms with Gasteiger partial charge in [-0.15, -0.1) is 11.3 Å². The molecule has 0 aliphatic carbocycles.